The molecule has 0 atom stereocenters. The van der Waals surface area contributed by atoms with E-state index < -0.39 is 0 Å². The van der Waals surface area contributed by atoms with Gasteiger partial charge in [-0.1, -0.05) is 23.7 Å². The van der Waals surface area contributed by atoms with Crippen molar-refractivity contribution in [2.75, 3.05) is 36.4 Å². The second-order valence-corrected chi connectivity index (χ2v) is 7.23. The Balaban J connectivity index is 1.38. The van der Waals surface area contributed by atoms with E-state index in [4.69, 9.17) is 11.6 Å². The molecular weight excluding hydrogens is 384 g/mol. The third kappa shape index (κ3) is 4.01. The number of aromatic nitrogens is 3. The molecule has 27 heavy (non-hydrogen) atoms. The summed E-state index contributed by atoms with van der Waals surface area (Å²) >= 11 is 7.63. The Morgan fingerprint density at radius 2 is 1.81 bits per heavy atom. The van der Waals surface area contributed by atoms with E-state index in [1.165, 1.54) is 11.3 Å². The summed E-state index contributed by atoms with van der Waals surface area (Å²) in [5, 5.41) is 6.10. The highest BCUT2D eigenvalue weighted by Gasteiger charge is 2.24. The summed E-state index contributed by atoms with van der Waals surface area (Å²) in [6.45, 7) is 2.74. The zero-order valence-electron chi connectivity index (χ0n) is 14.4. The van der Waals surface area contributed by atoms with E-state index in [9.17, 15) is 4.79 Å². The van der Waals surface area contributed by atoms with Gasteiger partial charge in [0.25, 0.3) is 5.91 Å². The number of carbonyl (C=O) groups is 1. The summed E-state index contributed by atoms with van der Waals surface area (Å²) < 4.78 is 0. The highest BCUT2D eigenvalue weighted by Crippen LogP contribution is 2.26. The van der Waals surface area contributed by atoms with Crippen LogP contribution in [-0.4, -0.2) is 51.9 Å². The van der Waals surface area contributed by atoms with Gasteiger partial charge in [-0.3, -0.25) is 4.79 Å². The topological polar surface area (TPSA) is 74.2 Å². The number of rotatable bonds is 4. The van der Waals surface area contributed by atoms with Gasteiger partial charge in [0.1, 0.15) is 5.69 Å². The molecule has 0 bridgehead atoms. The fraction of sp³-hybridized carbons (Fsp3) is 0.222. The third-order valence-electron chi connectivity index (χ3n) is 4.27. The number of hydrogen-bond donors (Lipinski definition) is 1. The maximum Gasteiger partial charge on any atom is 0.273 e. The fourth-order valence-corrected chi connectivity index (χ4v) is 3.84. The quantitative estimate of drug-likeness (QED) is 0.724. The van der Waals surface area contributed by atoms with Gasteiger partial charge in [-0.25, -0.2) is 15.0 Å². The molecule has 0 saturated carbocycles. The van der Waals surface area contributed by atoms with Crippen molar-refractivity contribution in [2.24, 2.45) is 0 Å². The number of hydrogen-bond acceptors (Lipinski definition) is 7. The van der Waals surface area contributed by atoms with Crippen LogP contribution < -0.4 is 10.2 Å². The molecule has 1 N–H and O–H groups in total. The number of nitrogens with zero attached hydrogens (tertiary/aromatic N) is 5. The van der Waals surface area contributed by atoms with Crippen LogP contribution in [0.15, 0.2) is 48.1 Å². The van der Waals surface area contributed by atoms with E-state index in [1.54, 1.807) is 23.8 Å². The highest BCUT2D eigenvalue weighted by atomic mass is 35.5. The first-order valence-corrected chi connectivity index (χ1v) is 9.75. The zero-order valence-corrected chi connectivity index (χ0v) is 16.0. The van der Waals surface area contributed by atoms with Crippen molar-refractivity contribution in [1.82, 2.24) is 19.9 Å². The van der Waals surface area contributed by atoms with Gasteiger partial charge >= 0.3 is 0 Å². The molecule has 0 unspecified atom stereocenters. The van der Waals surface area contributed by atoms with Gasteiger partial charge in [0.05, 0.1) is 10.7 Å². The Bertz CT molecular complexity index is 926. The smallest absolute Gasteiger partial charge is 0.273 e. The monoisotopic (exact) mass is 400 g/mol. The molecule has 1 amide bonds. The van der Waals surface area contributed by atoms with Gasteiger partial charge in [0, 0.05) is 44.0 Å². The van der Waals surface area contributed by atoms with Crippen molar-refractivity contribution >= 4 is 45.6 Å². The zero-order chi connectivity index (χ0) is 18.6. The second kappa shape index (κ2) is 7.89. The van der Waals surface area contributed by atoms with Crippen LogP contribution in [0.1, 0.15) is 10.5 Å². The number of halogens is 1. The van der Waals surface area contributed by atoms with E-state index in [0.29, 0.717) is 29.9 Å². The van der Waals surface area contributed by atoms with Crippen molar-refractivity contribution in [2.45, 2.75) is 0 Å². The molecule has 9 heteroatoms. The molecule has 0 radical (unpaired) electrons. The molecule has 2 aromatic heterocycles. The molecular formula is C18H17ClN6OS. The minimum atomic E-state index is -0.0629. The van der Waals surface area contributed by atoms with Gasteiger partial charge in [-0.15, -0.1) is 11.3 Å². The van der Waals surface area contributed by atoms with E-state index in [1.807, 2.05) is 29.2 Å². The summed E-state index contributed by atoms with van der Waals surface area (Å²) in [6, 6.07) is 9.52. The molecule has 1 fully saturated rings. The summed E-state index contributed by atoms with van der Waals surface area (Å²) in [6.07, 6.45) is 3.29. The number of piperazine rings is 1. The standard InChI is InChI=1S/C18H17ClN6OS/c19-13-4-1-2-5-15(13)24-8-10-25(11-9-24)16(26)14-12-27-18(22-14)23-17-20-6-3-7-21-17/h1-7,12H,8-11H2,(H,20,21,22,23). The van der Waals surface area contributed by atoms with Gasteiger partial charge < -0.3 is 15.1 Å². The normalized spacial score (nSPS) is 14.3. The molecule has 0 spiro atoms. The number of anilines is 3. The molecule has 1 saturated heterocycles. The minimum absolute atomic E-state index is 0.0629. The largest absolute Gasteiger partial charge is 0.367 e. The average Bonchev–Trinajstić information content (AvgIpc) is 3.17. The lowest BCUT2D eigenvalue weighted by Gasteiger charge is -2.36. The van der Waals surface area contributed by atoms with Crippen LogP contribution in [0.25, 0.3) is 0 Å². The highest BCUT2D eigenvalue weighted by molar-refractivity contribution is 7.14. The Morgan fingerprint density at radius 1 is 1.07 bits per heavy atom. The van der Waals surface area contributed by atoms with E-state index in [2.05, 4.69) is 25.2 Å². The summed E-state index contributed by atoms with van der Waals surface area (Å²) in [4.78, 5) is 29.3. The van der Waals surface area contributed by atoms with Crippen LogP contribution in [0, 0.1) is 0 Å². The summed E-state index contributed by atoms with van der Waals surface area (Å²) in [7, 11) is 0. The first-order chi connectivity index (χ1) is 13.2. The maximum atomic E-state index is 12.7. The van der Waals surface area contributed by atoms with Crippen molar-refractivity contribution in [3.63, 3.8) is 0 Å². The SMILES string of the molecule is O=C(c1csc(Nc2ncccn2)n1)N1CCN(c2ccccc2Cl)CC1. The van der Waals surface area contributed by atoms with Crippen molar-refractivity contribution in [3.8, 4) is 0 Å². The molecule has 1 aliphatic rings. The molecule has 7 nitrogen and oxygen atoms in total. The molecule has 0 aliphatic carbocycles. The Labute approximate surface area is 165 Å². The number of carbonyl (C=O) groups excluding carboxylic acids is 1. The Hall–Kier alpha value is -2.71. The van der Waals surface area contributed by atoms with E-state index >= 15 is 0 Å². The van der Waals surface area contributed by atoms with Gasteiger partial charge in [0.2, 0.25) is 5.95 Å². The fourth-order valence-electron chi connectivity index (χ4n) is 2.91. The maximum absolute atomic E-state index is 12.7. The molecule has 138 valence electrons. The summed E-state index contributed by atoms with van der Waals surface area (Å²) in [5.74, 6) is 0.395. The van der Waals surface area contributed by atoms with Gasteiger partial charge in [0.15, 0.2) is 5.13 Å². The lowest BCUT2D eigenvalue weighted by molar-refractivity contribution is 0.0742. The van der Waals surface area contributed by atoms with Crippen LogP contribution in [-0.2, 0) is 0 Å². The third-order valence-corrected chi connectivity index (χ3v) is 5.35. The second-order valence-electron chi connectivity index (χ2n) is 5.97. The number of benzene rings is 1. The average molecular weight is 401 g/mol. The molecule has 1 aromatic carbocycles. The van der Waals surface area contributed by atoms with Gasteiger partial charge in [-0.05, 0) is 18.2 Å². The van der Waals surface area contributed by atoms with Gasteiger partial charge in [-0.2, -0.15) is 0 Å². The molecule has 3 heterocycles. The van der Waals surface area contributed by atoms with E-state index in [0.717, 1.165) is 23.8 Å². The Morgan fingerprint density at radius 3 is 2.56 bits per heavy atom. The van der Waals surface area contributed by atoms with Crippen LogP contribution in [0.2, 0.25) is 5.02 Å². The lowest BCUT2D eigenvalue weighted by Crippen LogP contribution is -2.49. The van der Waals surface area contributed by atoms with Crippen molar-refractivity contribution < 1.29 is 4.79 Å². The number of amides is 1. The van der Waals surface area contributed by atoms with E-state index in [-0.39, 0.29) is 5.91 Å². The minimum Gasteiger partial charge on any atom is -0.367 e. The lowest BCUT2D eigenvalue weighted by atomic mass is 10.2. The first kappa shape index (κ1) is 17.7. The first-order valence-electron chi connectivity index (χ1n) is 8.49. The van der Waals surface area contributed by atoms with Crippen LogP contribution in [0.5, 0.6) is 0 Å². The number of para-hydroxylation sites is 1. The van der Waals surface area contributed by atoms with Crippen LogP contribution in [0.4, 0.5) is 16.8 Å². The Kier molecular flexibility index (Phi) is 5.17. The van der Waals surface area contributed by atoms with Crippen molar-refractivity contribution in [1.29, 1.82) is 0 Å². The molecule has 4 rings (SSSR count). The van der Waals surface area contributed by atoms with Crippen LogP contribution >= 0.6 is 22.9 Å². The molecule has 1 aliphatic heterocycles. The number of nitrogens with one attached hydrogen (secondary N) is 1. The molecule has 3 aromatic rings. The predicted molar refractivity (Wildman–Crippen MR) is 107 cm³/mol. The summed E-state index contributed by atoms with van der Waals surface area (Å²) in [5.41, 5.74) is 1.44. The van der Waals surface area contributed by atoms with Crippen LogP contribution in [0.3, 0.4) is 0 Å². The number of thiazole rings is 1. The van der Waals surface area contributed by atoms with Crippen molar-refractivity contribution in [3.05, 3.63) is 58.8 Å². The predicted octanol–water partition coefficient (Wildman–Crippen LogP) is 3.29.